The van der Waals surface area contributed by atoms with Crippen LogP contribution in [-0.4, -0.2) is 9.13 Å². The van der Waals surface area contributed by atoms with Gasteiger partial charge in [-0.2, -0.15) is 0 Å². The van der Waals surface area contributed by atoms with E-state index in [0.29, 0.717) is 0 Å². The van der Waals surface area contributed by atoms with Gasteiger partial charge in [0.2, 0.25) is 0 Å². The summed E-state index contributed by atoms with van der Waals surface area (Å²) in [6.45, 7) is 0. The van der Waals surface area contributed by atoms with E-state index in [-0.39, 0.29) is 0 Å². The van der Waals surface area contributed by atoms with Gasteiger partial charge in [0, 0.05) is 88.5 Å². The summed E-state index contributed by atoms with van der Waals surface area (Å²) in [4.78, 5) is 4.76. The average molecular weight is 1580 g/mol. The van der Waals surface area contributed by atoms with E-state index in [9.17, 15) is 0 Å². The van der Waals surface area contributed by atoms with Gasteiger partial charge in [-0.3, -0.25) is 0 Å². The minimum Gasteiger partial charge on any atom is -0.311 e. The van der Waals surface area contributed by atoms with Crippen molar-refractivity contribution in [1.29, 1.82) is 0 Å². The van der Waals surface area contributed by atoms with Gasteiger partial charge in [-0.15, -0.1) is 0 Å². The van der Waals surface area contributed by atoms with Crippen LogP contribution in [-0.2, 0) is 0 Å². The Balaban J connectivity index is 0.000000143. The summed E-state index contributed by atoms with van der Waals surface area (Å²) < 4.78 is 4.97. The highest BCUT2D eigenvalue weighted by Crippen LogP contribution is 2.50. The van der Waals surface area contributed by atoms with Gasteiger partial charge < -0.3 is 18.9 Å². The Morgan fingerprint density at radius 1 is 0.145 bits per heavy atom. The Kier molecular flexibility index (Phi) is 18.2. The lowest BCUT2D eigenvalue weighted by Crippen LogP contribution is -2.11. The first-order valence-corrected chi connectivity index (χ1v) is 42.7. The molecule has 0 atom stereocenters. The molecule has 4 nitrogen and oxygen atoms in total. The molecule has 0 saturated carbocycles. The molecule has 0 unspecified atom stereocenters. The number of benzene rings is 22. The maximum Gasteiger partial charge on any atom is 0.0626 e. The molecule has 2 aromatic heterocycles. The van der Waals surface area contributed by atoms with Crippen LogP contribution in [0.2, 0.25) is 0 Å². The fraction of sp³-hybridized carbons (Fsp3) is 0. The zero-order valence-electron chi connectivity index (χ0n) is 68.0. The SMILES string of the molecule is c1ccc(-c2ccc(-c3ccc(N(c4ccc(-c5ccccc5)cc4)c4ccc(-n5c6ccccc6c6c7c8ccccc8ccc7c7ccccc7c65)cc4)cc3)cc2)cc1.c1ccc(-c2ccc(-c3ccc(N(c4ccc(-n5c6ccccc6c6c7c8ccccc8ccc7c7ccccc7c65)cc4)c4ccccc4-c4ccccc4)cc3)cc2)cc1. The third-order valence-electron chi connectivity index (χ3n) is 25.1. The third kappa shape index (κ3) is 12.8. The summed E-state index contributed by atoms with van der Waals surface area (Å²) in [5.74, 6) is 0. The quantitative estimate of drug-likeness (QED) is 0.101. The van der Waals surface area contributed by atoms with Gasteiger partial charge in [-0.05, 0) is 207 Å². The number of hydrogen-bond acceptors (Lipinski definition) is 2. The minimum absolute atomic E-state index is 1.08. The van der Waals surface area contributed by atoms with Crippen LogP contribution in [0.25, 0.3) is 186 Å². The van der Waals surface area contributed by atoms with Crippen molar-refractivity contribution in [3.8, 4) is 78.1 Å². The smallest absolute Gasteiger partial charge is 0.0626 e. The first-order valence-electron chi connectivity index (χ1n) is 42.7. The van der Waals surface area contributed by atoms with E-state index in [1.54, 1.807) is 0 Å². The molecule has 0 N–H and O–H groups in total. The molecule has 0 aliphatic rings. The van der Waals surface area contributed by atoms with E-state index in [0.717, 1.165) is 45.5 Å². The van der Waals surface area contributed by atoms with E-state index in [1.807, 2.05) is 0 Å². The van der Waals surface area contributed by atoms with Crippen molar-refractivity contribution in [3.63, 3.8) is 0 Å². The molecule has 124 heavy (non-hydrogen) atoms. The standard InChI is InChI=1S/2C60H40N2/c1-3-15-41(16-4-1)42-27-29-43(30-28-42)44-31-34-47(35-32-44)61(56-25-13-11-20-50(56)45-17-5-2-6-18-45)48-36-38-49(39-37-48)62-57-26-14-12-24-55(57)59-58-51-21-8-7-19-46(51)33-40-53(58)52-22-9-10-23-54(52)60(59)62;1-3-13-41(14-4-1)43-23-25-44(26-24-43)46-29-34-49(35-30-46)61(48-32-27-45(28-33-48)42-15-5-2-6-16-42)50-36-38-51(39-37-50)62-57-22-12-11-21-56(57)59-58-52-18-8-7-17-47(52)31-40-54(58)53-19-9-10-20-55(53)60(59)62/h2*1-40H. The molecule has 24 rings (SSSR count). The number of hydrogen-bond donors (Lipinski definition) is 0. The molecule has 0 aliphatic heterocycles. The first kappa shape index (κ1) is 72.8. The van der Waals surface area contributed by atoms with Crippen molar-refractivity contribution in [2.45, 2.75) is 0 Å². The number of anilines is 6. The van der Waals surface area contributed by atoms with Crippen LogP contribution in [0, 0.1) is 0 Å². The summed E-state index contributed by atoms with van der Waals surface area (Å²) >= 11 is 0. The maximum absolute atomic E-state index is 2.48. The fourth-order valence-corrected chi connectivity index (χ4v) is 19.3. The summed E-state index contributed by atoms with van der Waals surface area (Å²) in [6.07, 6.45) is 0. The Labute approximate surface area is 719 Å². The van der Waals surface area contributed by atoms with E-state index in [4.69, 9.17) is 0 Å². The molecule has 0 spiro atoms. The molecule has 0 amide bonds. The van der Waals surface area contributed by atoms with Gasteiger partial charge in [0.15, 0.2) is 0 Å². The van der Waals surface area contributed by atoms with Crippen LogP contribution < -0.4 is 9.80 Å². The Morgan fingerprint density at radius 2 is 0.403 bits per heavy atom. The zero-order chi connectivity index (χ0) is 82.0. The molecule has 0 aliphatic carbocycles. The predicted molar refractivity (Wildman–Crippen MR) is 529 cm³/mol. The molecule has 22 aromatic carbocycles. The van der Waals surface area contributed by atoms with Gasteiger partial charge in [0.05, 0.1) is 27.8 Å². The molecule has 0 bridgehead atoms. The highest BCUT2D eigenvalue weighted by Gasteiger charge is 2.26. The van der Waals surface area contributed by atoms with Crippen LogP contribution in [0.3, 0.4) is 0 Å². The second-order valence-electron chi connectivity index (χ2n) is 32.1. The zero-order valence-corrected chi connectivity index (χ0v) is 68.0. The average Bonchev–Trinajstić information content (AvgIpc) is 1.53. The van der Waals surface area contributed by atoms with Crippen LogP contribution in [0.15, 0.2) is 485 Å². The van der Waals surface area contributed by atoms with Gasteiger partial charge in [-0.1, -0.05) is 382 Å². The second-order valence-corrected chi connectivity index (χ2v) is 32.1. The van der Waals surface area contributed by atoms with E-state index in [2.05, 4.69) is 504 Å². The second kappa shape index (κ2) is 31.1. The Bertz CT molecular complexity index is 8130. The lowest BCUT2D eigenvalue weighted by atomic mass is 9.93. The van der Waals surface area contributed by atoms with Crippen LogP contribution >= 0.6 is 0 Å². The first-order chi connectivity index (χ1) is 61.5. The molecule has 0 fully saturated rings. The Morgan fingerprint density at radius 3 is 0.766 bits per heavy atom. The van der Waals surface area contributed by atoms with E-state index >= 15 is 0 Å². The van der Waals surface area contributed by atoms with Crippen LogP contribution in [0.4, 0.5) is 34.1 Å². The summed E-state index contributed by atoms with van der Waals surface area (Å²) in [5.41, 5.74) is 28.0. The van der Waals surface area contributed by atoms with Crippen LogP contribution in [0.1, 0.15) is 0 Å². The van der Waals surface area contributed by atoms with Crippen molar-refractivity contribution in [2.24, 2.45) is 0 Å². The molecule has 580 valence electrons. The van der Waals surface area contributed by atoms with Gasteiger partial charge >= 0.3 is 0 Å². The van der Waals surface area contributed by atoms with Crippen molar-refractivity contribution in [3.05, 3.63) is 485 Å². The van der Waals surface area contributed by atoms with Crippen LogP contribution in [0.5, 0.6) is 0 Å². The van der Waals surface area contributed by atoms with Crippen molar-refractivity contribution in [2.75, 3.05) is 9.80 Å². The van der Waals surface area contributed by atoms with Crippen molar-refractivity contribution in [1.82, 2.24) is 9.13 Å². The molecular weight excluding hydrogens is 1500 g/mol. The molecule has 0 saturated heterocycles. The lowest BCUT2D eigenvalue weighted by molar-refractivity contribution is 1.18. The third-order valence-corrected chi connectivity index (χ3v) is 25.1. The van der Waals surface area contributed by atoms with Gasteiger partial charge in [0.1, 0.15) is 0 Å². The Hall–Kier alpha value is -16.4. The summed E-state index contributed by atoms with van der Waals surface area (Å²) in [5, 5.41) is 20.4. The van der Waals surface area contributed by atoms with Crippen molar-refractivity contribution >= 4 is 142 Å². The molecule has 2 heterocycles. The van der Waals surface area contributed by atoms with E-state index in [1.165, 1.54) is 175 Å². The molecule has 24 aromatic rings. The number of nitrogens with zero attached hydrogens (tertiary/aromatic N) is 4. The number of rotatable bonds is 14. The molecular formula is C120H80N4. The number of fused-ring (bicyclic) bond motifs is 20. The van der Waals surface area contributed by atoms with Crippen molar-refractivity contribution < 1.29 is 0 Å². The maximum atomic E-state index is 2.48. The predicted octanol–water partition coefficient (Wildman–Crippen LogP) is 33.4. The van der Waals surface area contributed by atoms with E-state index < -0.39 is 0 Å². The largest absolute Gasteiger partial charge is 0.311 e. The minimum atomic E-state index is 1.08. The summed E-state index contributed by atoms with van der Waals surface area (Å²) in [7, 11) is 0. The summed E-state index contributed by atoms with van der Waals surface area (Å²) in [6, 6.07) is 177. The fourth-order valence-electron chi connectivity index (χ4n) is 19.3. The van der Waals surface area contributed by atoms with Gasteiger partial charge in [-0.25, -0.2) is 0 Å². The number of aromatic nitrogens is 2. The highest BCUT2D eigenvalue weighted by atomic mass is 15.2. The lowest BCUT2D eigenvalue weighted by Gasteiger charge is -2.28. The van der Waals surface area contributed by atoms with Gasteiger partial charge in [0.25, 0.3) is 0 Å². The highest BCUT2D eigenvalue weighted by molar-refractivity contribution is 6.38. The normalized spacial score (nSPS) is 11.5. The number of para-hydroxylation sites is 3. The topological polar surface area (TPSA) is 16.3 Å². The molecule has 4 heteroatoms. The molecule has 0 radical (unpaired) electrons. The monoisotopic (exact) mass is 1580 g/mol.